The molecule has 2 aromatic rings. The number of nitrogen functional groups attached to an aromatic ring is 1. The van der Waals surface area contributed by atoms with Gasteiger partial charge in [-0.05, 0) is 31.9 Å². The van der Waals surface area contributed by atoms with E-state index in [4.69, 9.17) is 5.73 Å². The highest BCUT2D eigenvalue weighted by Crippen LogP contribution is 2.11. The number of hydrogen-bond acceptors (Lipinski definition) is 7. The van der Waals surface area contributed by atoms with Crippen molar-refractivity contribution in [1.82, 2.24) is 19.9 Å². The maximum Gasteiger partial charge on any atom is 0.231 e. The predicted molar refractivity (Wildman–Crippen MR) is 84.2 cm³/mol. The van der Waals surface area contributed by atoms with Crippen molar-refractivity contribution in [3.63, 3.8) is 0 Å². The number of anilines is 3. The molecule has 0 fully saturated rings. The van der Waals surface area contributed by atoms with Crippen molar-refractivity contribution in [2.45, 2.75) is 20.3 Å². The fourth-order valence-corrected chi connectivity index (χ4v) is 1.97. The van der Waals surface area contributed by atoms with Gasteiger partial charge in [-0.2, -0.15) is 15.0 Å². The van der Waals surface area contributed by atoms with Crippen LogP contribution in [0.3, 0.4) is 0 Å². The first kappa shape index (κ1) is 15.0. The maximum atomic E-state index is 5.75. The molecule has 0 saturated carbocycles. The Bertz CT molecular complexity index is 555. The number of nitrogens with zero attached hydrogens (tertiary/aromatic N) is 5. The molecule has 0 amide bonds. The molecule has 0 radical (unpaired) electrons. The molecule has 3 N–H and O–H groups in total. The fraction of sp³-hybridized carbons (Fsp3) is 0.429. The Labute approximate surface area is 124 Å². The van der Waals surface area contributed by atoms with Crippen LogP contribution in [0.15, 0.2) is 24.5 Å². The van der Waals surface area contributed by atoms with Crippen LogP contribution in [0.25, 0.3) is 0 Å². The predicted octanol–water partition coefficient (Wildman–Crippen LogP) is 1.35. The Kier molecular flexibility index (Phi) is 5.25. The summed E-state index contributed by atoms with van der Waals surface area (Å²) < 4.78 is 0. The Morgan fingerprint density at radius 3 is 2.67 bits per heavy atom. The van der Waals surface area contributed by atoms with Crippen LogP contribution < -0.4 is 16.0 Å². The van der Waals surface area contributed by atoms with Gasteiger partial charge in [0.05, 0.1) is 0 Å². The number of rotatable bonds is 7. The molecule has 0 bridgehead atoms. The van der Waals surface area contributed by atoms with Crippen molar-refractivity contribution >= 4 is 17.8 Å². The van der Waals surface area contributed by atoms with Gasteiger partial charge in [0, 0.05) is 32.0 Å². The lowest BCUT2D eigenvalue weighted by Crippen LogP contribution is -2.25. The fourth-order valence-electron chi connectivity index (χ4n) is 1.97. The average Bonchev–Trinajstić information content (AvgIpc) is 2.49. The van der Waals surface area contributed by atoms with Crippen LogP contribution in [0, 0.1) is 0 Å². The van der Waals surface area contributed by atoms with E-state index in [1.54, 1.807) is 6.20 Å². The number of nitrogens with two attached hydrogens (primary N) is 1. The largest absolute Gasteiger partial charge is 0.368 e. The van der Waals surface area contributed by atoms with Crippen molar-refractivity contribution in [2.75, 3.05) is 35.6 Å². The molecule has 0 aromatic carbocycles. The lowest BCUT2D eigenvalue weighted by molar-refractivity contribution is 0.813. The van der Waals surface area contributed by atoms with Gasteiger partial charge in [0.15, 0.2) is 0 Å². The van der Waals surface area contributed by atoms with Gasteiger partial charge in [-0.1, -0.05) is 6.07 Å². The molecule has 0 unspecified atom stereocenters. The Morgan fingerprint density at radius 2 is 2.00 bits per heavy atom. The van der Waals surface area contributed by atoms with Crippen LogP contribution >= 0.6 is 0 Å². The monoisotopic (exact) mass is 287 g/mol. The van der Waals surface area contributed by atoms with Crippen molar-refractivity contribution in [3.05, 3.63) is 30.1 Å². The highest BCUT2D eigenvalue weighted by Gasteiger charge is 2.09. The molecule has 0 saturated heterocycles. The molecule has 21 heavy (non-hydrogen) atoms. The second kappa shape index (κ2) is 7.37. The second-order valence-corrected chi connectivity index (χ2v) is 4.53. The standard InChI is InChI=1S/C14H21N7/c1-3-21(4-2)14-19-12(15)18-13(20-14)17-9-7-11-6-5-8-16-10-11/h5-6,8,10H,3-4,7,9H2,1-2H3,(H3,15,17,18,19,20). The Morgan fingerprint density at radius 1 is 1.19 bits per heavy atom. The number of nitrogens with one attached hydrogen (secondary N) is 1. The van der Waals surface area contributed by atoms with Gasteiger partial charge in [-0.25, -0.2) is 0 Å². The topological polar surface area (TPSA) is 92.9 Å². The average molecular weight is 287 g/mol. The molecular weight excluding hydrogens is 266 g/mol. The molecule has 2 aromatic heterocycles. The second-order valence-electron chi connectivity index (χ2n) is 4.53. The molecule has 2 heterocycles. The third-order valence-corrected chi connectivity index (χ3v) is 3.11. The first-order valence-corrected chi connectivity index (χ1v) is 7.12. The number of pyridine rings is 1. The highest BCUT2D eigenvalue weighted by molar-refractivity contribution is 5.41. The van der Waals surface area contributed by atoms with Gasteiger partial charge >= 0.3 is 0 Å². The van der Waals surface area contributed by atoms with E-state index in [9.17, 15) is 0 Å². The van der Waals surface area contributed by atoms with E-state index in [2.05, 4.69) is 39.1 Å². The summed E-state index contributed by atoms with van der Waals surface area (Å²) in [5.41, 5.74) is 6.91. The smallest absolute Gasteiger partial charge is 0.231 e. The van der Waals surface area contributed by atoms with E-state index in [0.29, 0.717) is 18.4 Å². The van der Waals surface area contributed by atoms with Crippen LogP contribution in [0.1, 0.15) is 19.4 Å². The van der Waals surface area contributed by atoms with Gasteiger partial charge in [-0.15, -0.1) is 0 Å². The highest BCUT2D eigenvalue weighted by atomic mass is 15.3. The Balaban J connectivity index is 1.99. The zero-order chi connectivity index (χ0) is 15.1. The molecule has 2 rings (SSSR count). The van der Waals surface area contributed by atoms with Gasteiger partial charge in [0.1, 0.15) is 0 Å². The van der Waals surface area contributed by atoms with Crippen molar-refractivity contribution in [2.24, 2.45) is 0 Å². The summed E-state index contributed by atoms with van der Waals surface area (Å²) in [5, 5.41) is 3.18. The normalized spacial score (nSPS) is 10.4. The first-order chi connectivity index (χ1) is 10.2. The number of aromatic nitrogens is 4. The summed E-state index contributed by atoms with van der Waals surface area (Å²) in [4.78, 5) is 18.8. The molecule has 0 aliphatic carbocycles. The summed E-state index contributed by atoms with van der Waals surface area (Å²) in [6.07, 6.45) is 4.46. The van der Waals surface area contributed by atoms with Crippen LogP contribution in [-0.2, 0) is 6.42 Å². The number of hydrogen-bond donors (Lipinski definition) is 2. The lowest BCUT2D eigenvalue weighted by atomic mass is 10.2. The maximum absolute atomic E-state index is 5.75. The minimum absolute atomic E-state index is 0.232. The van der Waals surface area contributed by atoms with Gasteiger partial charge < -0.3 is 16.0 Å². The molecule has 7 nitrogen and oxygen atoms in total. The van der Waals surface area contributed by atoms with Gasteiger partial charge in [0.25, 0.3) is 0 Å². The van der Waals surface area contributed by atoms with Crippen LogP contribution in [-0.4, -0.2) is 39.6 Å². The lowest BCUT2D eigenvalue weighted by Gasteiger charge is -2.19. The van der Waals surface area contributed by atoms with E-state index >= 15 is 0 Å². The molecular formula is C14H21N7. The summed E-state index contributed by atoms with van der Waals surface area (Å²) in [6.45, 7) is 6.48. The van der Waals surface area contributed by atoms with Gasteiger partial charge in [0.2, 0.25) is 17.8 Å². The third-order valence-electron chi connectivity index (χ3n) is 3.11. The zero-order valence-corrected chi connectivity index (χ0v) is 12.5. The molecule has 0 aliphatic heterocycles. The van der Waals surface area contributed by atoms with E-state index in [1.165, 1.54) is 0 Å². The van der Waals surface area contributed by atoms with E-state index in [0.717, 1.165) is 25.1 Å². The summed E-state index contributed by atoms with van der Waals surface area (Å²) >= 11 is 0. The van der Waals surface area contributed by atoms with Crippen molar-refractivity contribution < 1.29 is 0 Å². The van der Waals surface area contributed by atoms with Crippen LogP contribution in [0.2, 0.25) is 0 Å². The summed E-state index contributed by atoms with van der Waals surface area (Å²) in [6, 6.07) is 3.96. The quantitative estimate of drug-likeness (QED) is 0.794. The molecule has 112 valence electrons. The molecule has 0 aliphatic rings. The Hall–Kier alpha value is -2.44. The van der Waals surface area contributed by atoms with Crippen molar-refractivity contribution in [1.29, 1.82) is 0 Å². The SMILES string of the molecule is CCN(CC)c1nc(N)nc(NCCc2cccnc2)n1. The minimum Gasteiger partial charge on any atom is -0.368 e. The van der Waals surface area contributed by atoms with E-state index in [-0.39, 0.29) is 5.95 Å². The summed E-state index contributed by atoms with van der Waals surface area (Å²) in [5.74, 6) is 1.35. The summed E-state index contributed by atoms with van der Waals surface area (Å²) in [7, 11) is 0. The van der Waals surface area contributed by atoms with Gasteiger partial charge in [-0.3, -0.25) is 4.98 Å². The van der Waals surface area contributed by atoms with Crippen molar-refractivity contribution in [3.8, 4) is 0 Å². The van der Waals surface area contributed by atoms with E-state index < -0.39 is 0 Å². The zero-order valence-electron chi connectivity index (χ0n) is 12.5. The van der Waals surface area contributed by atoms with Crippen LogP contribution in [0.4, 0.5) is 17.8 Å². The third kappa shape index (κ3) is 4.27. The first-order valence-electron chi connectivity index (χ1n) is 7.12. The molecule has 7 heteroatoms. The molecule has 0 atom stereocenters. The van der Waals surface area contributed by atoms with E-state index in [1.807, 2.05) is 23.2 Å². The molecule has 0 spiro atoms. The minimum atomic E-state index is 0.232. The van der Waals surface area contributed by atoms with Crippen LogP contribution in [0.5, 0.6) is 0 Å².